The van der Waals surface area contributed by atoms with Crippen LogP contribution in [-0.2, 0) is 6.54 Å². The number of nitrogens with two attached hydrogens (primary N) is 1. The lowest BCUT2D eigenvalue weighted by molar-refractivity contribution is 0.603. The molecule has 0 amide bonds. The van der Waals surface area contributed by atoms with Gasteiger partial charge in [0.25, 0.3) is 0 Å². The first-order chi connectivity index (χ1) is 9.61. The van der Waals surface area contributed by atoms with Crippen molar-refractivity contribution in [3.8, 4) is 11.3 Å². The molecular formula is C15H23N5. The number of aryl methyl sites for hydroxylation is 1. The first-order valence-corrected chi connectivity index (χ1v) is 7.52. The van der Waals surface area contributed by atoms with Crippen molar-refractivity contribution in [1.29, 1.82) is 0 Å². The van der Waals surface area contributed by atoms with Crippen molar-refractivity contribution in [3.63, 3.8) is 0 Å². The summed E-state index contributed by atoms with van der Waals surface area (Å²) in [7, 11) is 0. The van der Waals surface area contributed by atoms with E-state index in [1.165, 1.54) is 12.8 Å². The molecule has 2 heterocycles. The molecule has 3 rings (SSSR count). The monoisotopic (exact) mass is 273 g/mol. The normalized spacial score (nSPS) is 15.2. The summed E-state index contributed by atoms with van der Waals surface area (Å²) in [4.78, 5) is 4.80. The SMILES string of the molecule is CCCn1cc(-c2nc(C(C)C)n(C3CC3)c2N)cn1. The van der Waals surface area contributed by atoms with Gasteiger partial charge in [-0.1, -0.05) is 20.8 Å². The first kappa shape index (κ1) is 13.2. The number of nitrogens with zero attached hydrogens (tertiary/aromatic N) is 4. The predicted molar refractivity (Wildman–Crippen MR) is 80.5 cm³/mol. The standard InChI is InChI=1S/C15H23N5/c1-4-7-19-9-11(8-17-19)13-14(16)20(12-5-6-12)15(18-13)10(2)3/h8-10,12H,4-7,16H2,1-3H3. The van der Waals surface area contributed by atoms with E-state index in [4.69, 9.17) is 10.7 Å². The Hall–Kier alpha value is -1.78. The molecule has 0 atom stereocenters. The molecule has 2 aromatic rings. The van der Waals surface area contributed by atoms with E-state index in [9.17, 15) is 0 Å². The Balaban J connectivity index is 2.02. The van der Waals surface area contributed by atoms with Gasteiger partial charge in [-0.3, -0.25) is 4.68 Å². The van der Waals surface area contributed by atoms with E-state index >= 15 is 0 Å². The lowest BCUT2D eigenvalue weighted by Gasteiger charge is -2.10. The zero-order chi connectivity index (χ0) is 14.3. The maximum absolute atomic E-state index is 6.36. The number of nitrogen functional groups attached to an aromatic ring is 1. The molecule has 0 radical (unpaired) electrons. The highest BCUT2D eigenvalue weighted by Crippen LogP contribution is 2.42. The van der Waals surface area contributed by atoms with Crippen molar-refractivity contribution in [2.75, 3.05) is 5.73 Å². The third-order valence-corrected chi connectivity index (χ3v) is 3.76. The first-order valence-electron chi connectivity index (χ1n) is 7.52. The van der Waals surface area contributed by atoms with Gasteiger partial charge in [0.05, 0.1) is 6.20 Å². The van der Waals surface area contributed by atoms with E-state index in [2.05, 4.69) is 30.4 Å². The Kier molecular flexibility index (Phi) is 3.28. The van der Waals surface area contributed by atoms with Crippen LogP contribution in [0.25, 0.3) is 11.3 Å². The summed E-state index contributed by atoms with van der Waals surface area (Å²) in [6, 6.07) is 0.555. The maximum Gasteiger partial charge on any atom is 0.132 e. The molecule has 2 aromatic heterocycles. The summed E-state index contributed by atoms with van der Waals surface area (Å²) in [5.74, 6) is 2.29. The Morgan fingerprint density at radius 2 is 2.15 bits per heavy atom. The summed E-state index contributed by atoms with van der Waals surface area (Å²) in [5, 5.41) is 4.38. The second kappa shape index (κ2) is 4.96. The fraction of sp³-hybridized carbons (Fsp3) is 0.600. The van der Waals surface area contributed by atoms with Gasteiger partial charge in [0.1, 0.15) is 17.3 Å². The number of imidazole rings is 1. The van der Waals surface area contributed by atoms with Gasteiger partial charge in [-0.2, -0.15) is 5.10 Å². The zero-order valence-electron chi connectivity index (χ0n) is 12.5. The minimum absolute atomic E-state index is 0.386. The van der Waals surface area contributed by atoms with Crippen molar-refractivity contribution in [2.45, 2.75) is 58.5 Å². The highest BCUT2D eigenvalue weighted by Gasteiger charge is 2.31. The van der Waals surface area contributed by atoms with Crippen molar-refractivity contribution in [1.82, 2.24) is 19.3 Å². The maximum atomic E-state index is 6.36. The van der Waals surface area contributed by atoms with Crippen LogP contribution in [0, 0.1) is 0 Å². The molecule has 2 N–H and O–H groups in total. The Bertz CT molecular complexity index is 604. The molecule has 1 aliphatic carbocycles. The van der Waals surface area contributed by atoms with Gasteiger partial charge in [0.15, 0.2) is 0 Å². The van der Waals surface area contributed by atoms with Crippen molar-refractivity contribution in [2.24, 2.45) is 0 Å². The molecule has 0 bridgehead atoms. The zero-order valence-corrected chi connectivity index (χ0v) is 12.5. The third-order valence-electron chi connectivity index (χ3n) is 3.76. The summed E-state index contributed by atoms with van der Waals surface area (Å²) in [6.45, 7) is 7.42. The molecule has 20 heavy (non-hydrogen) atoms. The highest BCUT2D eigenvalue weighted by molar-refractivity contribution is 5.70. The number of hydrogen-bond donors (Lipinski definition) is 1. The van der Waals surface area contributed by atoms with Crippen LogP contribution >= 0.6 is 0 Å². The van der Waals surface area contributed by atoms with Crippen LogP contribution in [0.2, 0.25) is 0 Å². The molecule has 1 fully saturated rings. The Labute approximate surface area is 119 Å². The van der Waals surface area contributed by atoms with Crippen LogP contribution in [0.15, 0.2) is 12.4 Å². The topological polar surface area (TPSA) is 61.7 Å². The molecule has 0 saturated heterocycles. The number of hydrogen-bond acceptors (Lipinski definition) is 3. The predicted octanol–water partition coefficient (Wildman–Crippen LogP) is 3.20. The van der Waals surface area contributed by atoms with Crippen LogP contribution in [-0.4, -0.2) is 19.3 Å². The van der Waals surface area contributed by atoms with Gasteiger partial charge in [-0.05, 0) is 19.3 Å². The molecular weight excluding hydrogens is 250 g/mol. The summed E-state index contributed by atoms with van der Waals surface area (Å²) in [6.07, 6.45) is 7.42. The van der Waals surface area contributed by atoms with E-state index in [1.54, 1.807) is 0 Å². The summed E-state index contributed by atoms with van der Waals surface area (Å²) < 4.78 is 4.19. The average Bonchev–Trinajstić information content (AvgIpc) is 3.03. The lowest BCUT2D eigenvalue weighted by atomic mass is 10.2. The van der Waals surface area contributed by atoms with E-state index < -0.39 is 0 Å². The van der Waals surface area contributed by atoms with E-state index in [1.807, 2.05) is 17.1 Å². The van der Waals surface area contributed by atoms with Crippen molar-refractivity contribution in [3.05, 3.63) is 18.2 Å². The largest absolute Gasteiger partial charge is 0.383 e. The fourth-order valence-electron chi connectivity index (χ4n) is 2.64. The smallest absolute Gasteiger partial charge is 0.132 e. The van der Waals surface area contributed by atoms with Crippen LogP contribution in [0.3, 0.4) is 0 Å². The average molecular weight is 273 g/mol. The van der Waals surface area contributed by atoms with E-state index in [0.29, 0.717) is 12.0 Å². The minimum atomic E-state index is 0.386. The fourth-order valence-corrected chi connectivity index (χ4v) is 2.64. The molecule has 0 aromatic carbocycles. The van der Waals surface area contributed by atoms with Gasteiger partial charge >= 0.3 is 0 Å². The lowest BCUT2D eigenvalue weighted by Crippen LogP contribution is -2.06. The molecule has 0 unspecified atom stereocenters. The Morgan fingerprint density at radius 1 is 1.40 bits per heavy atom. The molecule has 1 aliphatic rings. The van der Waals surface area contributed by atoms with E-state index in [-0.39, 0.29) is 0 Å². The Morgan fingerprint density at radius 3 is 2.75 bits per heavy atom. The quantitative estimate of drug-likeness (QED) is 0.910. The molecule has 0 spiro atoms. The highest BCUT2D eigenvalue weighted by atomic mass is 15.3. The van der Waals surface area contributed by atoms with Gasteiger partial charge in [-0.25, -0.2) is 4.98 Å². The summed E-state index contributed by atoms with van der Waals surface area (Å²) >= 11 is 0. The molecule has 108 valence electrons. The van der Waals surface area contributed by atoms with Crippen molar-refractivity contribution < 1.29 is 0 Å². The number of aromatic nitrogens is 4. The molecule has 5 heteroatoms. The van der Waals surface area contributed by atoms with Crippen LogP contribution in [0.4, 0.5) is 5.82 Å². The molecule has 0 aliphatic heterocycles. The number of rotatable bonds is 5. The van der Waals surface area contributed by atoms with Gasteiger partial charge in [0, 0.05) is 30.3 Å². The molecule has 1 saturated carbocycles. The second-order valence-corrected chi connectivity index (χ2v) is 5.95. The number of anilines is 1. The van der Waals surface area contributed by atoms with Gasteiger partial charge in [-0.15, -0.1) is 0 Å². The van der Waals surface area contributed by atoms with Crippen molar-refractivity contribution >= 4 is 5.82 Å². The summed E-state index contributed by atoms with van der Waals surface area (Å²) in [5.41, 5.74) is 8.28. The molecule has 5 nitrogen and oxygen atoms in total. The van der Waals surface area contributed by atoms with Crippen LogP contribution in [0.5, 0.6) is 0 Å². The third kappa shape index (κ3) is 2.21. The minimum Gasteiger partial charge on any atom is -0.383 e. The van der Waals surface area contributed by atoms with Gasteiger partial charge in [0.2, 0.25) is 0 Å². The van der Waals surface area contributed by atoms with Crippen LogP contribution < -0.4 is 5.73 Å². The second-order valence-electron chi connectivity index (χ2n) is 5.95. The van der Waals surface area contributed by atoms with Crippen LogP contribution in [0.1, 0.15) is 57.8 Å². The van der Waals surface area contributed by atoms with E-state index in [0.717, 1.165) is 35.9 Å². The van der Waals surface area contributed by atoms with Gasteiger partial charge < -0.3 is 10.3 Å².